The number of aromatic nitrogens is 1. The van der Waals surface area contributed by atoms with Crippen LogP contribution in [0.5, 0.6) is 5.75 Å². The molecule has 9 heteroatoms. The molecule has 2 N–H and O–H groups in total. The number of ether oxygens (including phenoxy) is 1. The molecule has 0 unspecified atom stereocenters. The molecule has 1 aliphatic carbocycles. The van der Waals surface area contributed by atoms with Crippen molar-refractivity contribution < 1.29 is 22.5 Å². The Hall–Kier alpha value is -2.39. The highest BCUT2D eigenvalue weighted by atomic mass is 32.2. The number of carbonyl (C=O) groups excluding carboxylic acids is 1. The number of anilines is 1. The van der Waals surface area contributed by atoms with Crippen molar-refractivity contribution in [2.45, 2.75) is 50.5 Å². The molecular weight excluding hydrogens is 370 g/mol. The van der Waals surface area contributed by atoms with Crippen molar-refractivity contribution in [2.24, 2.45) is 0 Å². The fraction of sp³-hybridized carbons (Fsp3) is 0.444. The first kappa shape index (κ1) is 19.4. The molecule has 0 atom stereocenters. The number of aryl methyl sites for hydroxylation is 2. The van der Waals surface area contributed by atoms with Crippen molar-refractivity contribution >= 4 is 21.7 Å². The molecule has 8 nitrogen and oxygen atoms in total. The summed E-state index contributed by atoms with van der Waals surface area (Å²) < 4.78 is 38.0. The van der Waals surface area contributed by atoms with Gasteiger partial charge in [-0.3, -0.25) is 4.79 Å². The van der Waals surface area contributed by atoms with Gasteiger partial charge in [0.2, 0.25) is 15.9 Å². The topological polar surface area (TPSA) is 111 Å². The van der Waals surface area contributed by atoms with Crippen LogP contribution in [0.3, 0.4) is 0 Å². The van der Waals surface area contributed by atoms with E-state index in [1.54, 1.807) is 32.0 Å². The summed E-state index contributed by atoms with van der Waals surface area (Å²) in [4.78, 5) is 12.0. The number of rotatable bonds is 7. The molecule has 1 aromatic heterocycles. The maximum atomic E-state index is 12.5. The summed E-state index contributed by atoms with van der Waals surface area (Å²) in [5, 5.41) is 6.09. The molecule has 1 aromatic carbocycles. The van der Waals surface area contributed by atoms with Crippen LogP contribution in [-0.4, -0.2) is 32.1 Å². The van der Waals surface area contributed by atoms with Gasteiger partial charge >= 0.3 is 0 Å². The molecule has 1 heterocycles. The Morgan fingerprint density at radius 3 is 2.63 bits per heavy atom. The monoisotopic (exact) mass is 393 g/mol. The van der Waals surface area contributed by atoms with Crippen LogP contribution in [0.1, 0.15) is 37.0 Å². The SMILES string of the molecule is Cc1cc(NC(=O)CNS(=O)(=O)c2ccc(OC3CCCC3)cc2C)no1. The standard InChI is InChI=1S/C18H23N3O5S/c1-12-9-15(25-14-5-3-4-6-14)7-8-16(12)27(23,24)19-11-18(22)20-17-10-13(2)26-21-17/h7-10,14,19H,3-6,11H2,1-2H3,(H,20,21,22). The summed E-state index contributed by atoms with van der Waals surface area (Å²) in [7, 11) is -3.83. The Labute approximate surface area is 158 Å². The Bertz CT molecular complexity index is 917. The molecule has 0 radical (unpaired) electrons. The van der Waals surface area contributed by atoms with Crippen LogP contribution in [0.4, 0.5) is 5.82 Å². The highest BCUT2D eigenvalue weighted by Crippen LogP contribution is 2.26. The zero-order valence-corrected chi connectivity index (χ0v) is 16.1. The lowest BCUT2D eigenvalue weighted by Gasteiger charge is -2.15. The minimum atomic E-state index is -3.83. The molecule has 1 saturated carbocycles. The smallest absolute Gasteiger partial charge is 0.241 e. The lowest BCUT2D eigenvalue weighted by atomic mass is 10.2. The fourth-order valence-corrected chi connectivity index (χ4v) is 4.25. The lowest BCUT2D eigenvalue weighted by Crippen LogP contribution is -2.33. The molecule has 0 saturated heterocycles. The first-order valence-corrected chi connectivity index (χ1v) is 10.3. The zero-order valence-electron chi connectivity index (χ0n) is 15.3. The van der Waals surface area contributed by atoms with Gasteiger partial charge < -0.3 is 14.6 Å². The van der Waals surface area contributed by atoms with E-state index in [0.717, 1.165) is 25.7 Å². The van der Waals surface area contributed by atoms with E-state index in [1.165, 1.54) is 6.07 Å². The van der Waals surface area contributed by atoms with Crippen molar-refractivity contribution in [2.75, 3.05) is 11.9 Å². The van der Waals surface area contributed by atoms with Gasteiger partial charge in [-0.1, -0.05) is 5.16 Å². The van der Waals surface area contributed by atoms with Crippen LogP contribution in [0.25, 0.3) is 0 Å². The third-order valence-corrected chi connectivity index (χ3v) is 5.92. The van der Waals surface area contributed by atoms with E-state index < -0.39 is 22.5 Å². The van der Waals surface area contributed by atoms with Gasteiger partial charge in [0.1, 0.15) is 11.5 Å². The van der Waals surface area contributed by atoms with Crippen LogP contribution in [0, 0.1) is 13.8 Å². The maximum absolute atomic E-state index is 12.5. The molecule has 1 fully saturated rings. The number of nitrogens with zero attached hydrogens (tertiary/aromatic N) is 1. The first-order chi connectivity index (χ1) is 12.8. The molecule has 0 aliphatic heterocycles. The number of benzene rings is 1. The van der Waals surface area contributed by atoms with Gasteiger partial charge in [-0.2, -0.15) is 0 Å². The molecule has 27 heavy (non-hydrogen) atoms. The fourth-order valence-electron chi connectivity index (χ4n) is 3.05. The third-order valence-electron chi connectivity index (χ3n) is 4.36. The lowest BCUT2D eigenvalue weighted by molar-refractivity contribution is -0.115. The van der Waals surface area contributed by atoms with Gasteiger partial charge in [-0.15, -0.1) is 0 Å². The van der Waals surface area contributed by atoms with Gasteiger partial charge in [0.25, 0.3) is 0 Å². The zero-order chi connectivity index (χ0) is 19.4. The molecule has 0 bridgehead atoms. The van der Waals surface area contributed by atoms with Gasteiger partial charge in [-0.25, -0.2) is 13.1 Å². The Morgan fingerprint density at radius 2 is 2.00 bits per heavy atom. The molecule has 0 spiro atoms. The summed E-state index contributed by atoms with van der Waals surface area (Å²) in [5.74, 6) is 0.908. The highest BCUT2D eigenvalue weighted by Gasteiger charge is 2.20. The number of sulfonamides is 1. The molecule has 2 aromatic rings. The Kier molecular flexibility index (Phi) is 5.81. The number of hydrogen-bond acceptors (Lipinski definition) is 6. The van der Waals surface area contributed by atoms with E-state index in [1.807, 2.05) is 0 Å². The van der Waals surface area contributed by atoms with E-state index in [4.69, 9.17) is 9.26 Å². The van der Waals surface area contributed by atoms with E-state index in [9.17, 15) is 13.2 Å². The minimum Gasteiger partial charge on any atom is -0.490 e. The molecule has 3 rings (SSSR count). The van der Waals surface area contributed by atoms with E-state index in [2.05, 4.69) is 15.2 Å². The largest absolute Gasteiger partial charge is 0.490 e. The van der Waals surface area contributed by atoms with Crippen molar-refractivity contribution in [3.8, 4) is 5.75 Å². The third kappa shape index (κ3) is 5.08. The second-order valence-electron chi connectivity index (χ2n) is 6.65. The van der Waals surface area contributed by atoms with E-state index in [-0.39, 0.29) is 16.8 Å². The van der Waals surface area contributed by atoms with Crippen LogP contribution in [-0.2, 0) is 14.8 Å². The highest BCUT2D eigenvalue weighted by molar-refractivity contribution is 7.89. The van der Waals surface area contributed by atoms with Crippen molar-refractivity contribution in [3.63, 3.8) is 0 Å². The summed E-state index contributed by atoms with van der Waals surface area (Å²) in [5.41, 5.74) is 0.561. The normalized spacial score (nSPS) is 15.0. The first-order valence-electron chi connectivity index (χ1n) is 8.83. The quantitative estimate of drug-likeness (QED) is 0.748. The van der Waals surface area contributed by atoms with Crippen LogP contribution < -0.4 is 14.8 Å². The average molecular weight is 393 g/mol. The Morgan fingerprint density at radius 1 is 1.26 bits per heavy atom. The van der Waals surface area contributed by atoms with Crippen molar-refractivity contribution in [1.82, 2.24) is 9.88 Å². The summed E-state index contributed by atoms with van der Waals surface area (Å²) >= 11 is 0. The minimum absolute atomic E-state index is 0.117. The molecule has 1 aliphatic rings. The summed E-state index contributed by atoms with van der Waals surface area (Å²) in [6.45, 7) is 2.98. The van der Waals surface area contributed by atoms with Gasteiger partial charge in [0, 0.05) is 6.07 Å². The van der Waals surface area contributed by atoms with Crippen LogP contribution in [0.15, 0.2) is 33.7 Å². The molecular formula is C18H23N3O5S. The van der Waals surface area contributed by atoms with Crippen LogP contribution >= 0.6 is 0 Å². The molecule has 1 amide bonds. The van der Waals surface area contributed by atoms with E-state index in [0.29, 0.717) is 17.1 Å². The van der Waals surface area contributed by atoms with Crippen LogP contribution in [0.2, 0.25) is 0 Å². The maximum Gasteiger partial charge on any atom is 0.241 e. The van der Waals surface area contributed by atoms with Crippen molar-refractivity contribution in [3.05, 3.63) is 35.6 Å². The number of carbonyl (C=O) groups is 1. The number of amides is 1. The van der Waals surface area contributed by atoms with Gasteiger partial charge in [0.15, 0.2) is 5.82 Å². The van der Waals surface area contributed by atoms with Gasteiger partial charge in [0.05, 0.1) is 17.5 Å². The Balaban J connectivity index is 1.60. The predicted molar refractivity (Wildman–Crippen MR) is 99.1 cm³/mol. The number of nitrogens with one attached hydrogen (secondary N) is 2. The number of hydrogen-bond donors (Lipinski definition) is 2. The molecule has 146 valence electrons. The summed E-state index contributed by atoms with van der Waals surface area (Å²) in [6.07, 6.45) is 4.59. The summed E-state index contributed by atoms with van der Waals surface area (Å²) in [6, 6.07) is 6.41. The average Bonchev–Trinajstić information content (AvgIpc) is 3.25. The van der Waals surface area contributed by atoms with E-state index >= 15 is 0 Å². The second-order valence-corrected chi connectivity index (χ2v) is 8.38. The van der Waals surface area contributed by atoms with Gasteiger partial charge in [-0.05, 0) is 63.3 Å². The van der Waals surface area contributed by atoms with Crippen molar-refractivity contribution in [1.29, 1.82) is 0 Å². The predicted octanol–water partition coefficient (Wildman–Crippen LogP) is 2.53. The second kappa shape index (κ2) is 8.10.